The molecule has 2 fully saturated rings. The third-order valence-electron chi connectivity index (χ3n) is 11.9. The lowest BCUT2D eigenvalue weighted by Crippen LogP contribution is -2.34. The van der Waals surface area contributed by atoms with Crippen LogP contribution in [0.15, 0.2) is 78.4 Å². The van der Waals surface area contributed by atoms with Crippen LogP contribution in [-0.4, -0.2) is 29.1 Å². The van der Waals surface area contributed by atoms with E-state index in [1.54, 1.807) is 0 Å². The molecule has 51 heavy (non-hydrogen) atoms. The molecule has 1 unspecified atom stereocenters. The molecule has 0 saturated heterocycles. The van der Waals surface area contributed by atoms with Gasteiger partial charge in [0.05, 0.1) is 0 Å². The largest absolute Gasteiger partial charge is 0.300 e. The van der Waals surface area contributed by atoms with Crippen LogP contribution < -0.4 is 0 Å². The van der Waals surface area contributed by atoms with E-state index in [1.165, 1.54) is 5.56 Å². The zero-order valence-corrected chi connectivity index (χ0v) is 30.8. The molecule has 5 rings (SSSR count). The van der Waals surface area contributed by atoms with Crippen molar-refractivity contribution in [2.75, 3.05) is 0 Å². The van der Waals surface area contributed by atoms with Crippen LogP contribution in [0.2, 0.25) is 0 Å². The number of alkyl halides is 2. The Morgan fingerprint density at radius 3 is 2.08 bits per heavy atom. The fourth-order valence-electron chi connectivity index (χ4n) is 8.71. The Bertz CT molecular complexity index is 1550. The van der Waals surface area contributed by atoms with Gasteiger partial charge in [0, 0.05) is 67.8 Å². The lowest BCUT2D eigenvalue weighted by Gasteiger charge is -2.33. The van der Waals surface area contributed by atoms with E-state index in [0.717, 1.165) is 43.2 Å². The third-order valence-corrected chi connectivity index (χ3v) is 11.9. The first-order valence-electron chi connectivity index (χ1n) is 19.4. The summed E-state index contributed by atoms with van der Waals surface area (Å²) in [5.41, 5.74) is 3.80. The molecule has 0 radical (unpaired) electrons. The van der Waals surface area contributed by atoms with Gasteiger partial charge in [-0.05, 0) is 85.8 Å². The van der Waals surface area contributed by atoms with E-state index in [0.29, 0.717) is 24.3 Å². The van der Waals surface area contributed by atoms with Gasteiger partial charge in [-0.25, -0.2) is 8.78 Å². The number of ketones is 4. The quantitative estimate of drug-likeness (QED) is 0.165. The van der Waals surface area contributed by atoms with Gasteiger partial charge in [0.2, 0.25) is 5.92 Å². The molecule has 274 valence electrons. The van der Waals surface area contributed by atoms with Gasteiger partial charge in [-0.2, -0.15) is 0 Å². The molecule has 2 saturated carbocycles. The predicted molar refractivity (Wildman–Crippen MR) is 198 cm³/mol. The zero-order valence-electron chi connectivity index (χ0n) is 30.8. The molecular weight excluding hydrogens is 642 g/mol. The lowest BCUT2D eigenvalue weighted by atomic mass is 9.72. The molecule has 4 nitrogen and oxygen atoms in total. The van der Waals surface area contributed by atoms with Gasteiger partial charge in [-0.15, -0.1) is 0 Å². The number of carbonyl (C=O) groups is 4. The molecular formula is C45H56F2O4. The fourth-order valence-corrected chi connectivity index (χ4v) is 8.71. The maximum absolute atomic E-state index is 14.1. The summed E-state index contributed by atoms with van der Waals surface area (Å²) in [7, 11) is 0. The SMILES string of the molecule is CCC(=O)C[C@H](Cc1ccc(CC(=O)[C@@H](CC(=O)C2=CC=CC2C(C)C)C2CCC(F)(F)CC2)cc1)C(=O)C1CCC(Cc2ccccc2)CC1. The minimum absolute atomic E-state index is 0.00878. The Balaban J connectivity index is 1.22. The van der Waals surface area contributed by atoms with Crippen molar-refractivity contribution in [3.63, 3.8) is 0 Å². The molecule has 0 amide bonds. The third kappa shape index (κ3) is 10.7. The Labute approximate surface area is 303 Å². The molecule has 0 bridgehead atoms. The molecule has 0 aliphatic heterocycles. The standard InChI is InChI=1S/C45H56F2O4/c1-4-38(48)28-37(44(51)36-19-17-32(18-20-36)25-31-9-6-5-7-10-31)26-33-13-15-34(16-14-33)27-42(49)41(35-21-23-45(46,47)24-22-35)29-43(50)40-12-8-11-39(40)30(2)3/h5-16,30,32,35-37,39,41H,4,17-29H2,1-3H3/t32?,36?,37-,39?,41-/m0/s1. The number of rotatable bonds is 17. The number of hydrogen-bond acceptors (Lipinski definition) is 4. The maximum Gasteiger partial charge on any atom is 0.248 e. The Morgan fingerprint density at radius 2 is 1.45 bits per heavy atom. The molecule has 3 aliphatic rings. The van der Waals surface area contributed by atoms with E-state index in [4.69, 9.17) is 0 Å². The van der Waals surface area contributed by atoms with Crippen molar-refractivity contribution in [1.29, 1.82) is 0 Å². The Morgan fingerprint density at radius 1 is 0.804 bits per heavy atom. The minimum atomic E-state index is -2.71. The van der Waals surface area contributed by atoms with Crippen molar-refractivity contribution in [1.82, 2.24) is 0 Å². The van der Waals surface area contributed by atoms with Crippen LogP contribution in [0.25, 0.3) is 0 Å². The minimum Gasteiger partial charge on any atom is -0.300 e. The van der Waals surface area contributed by atoms with Crippen molar-refractivity contribution >= 4 is 23.1 Å². The van der Waals surface area contributed by atoms with Crippen molar-refractivity contribution in [3.05, 3.63) is 95.1 Å². The highest BCUT2D eigenvalue weighted by Gasteiger charge is 2.41. The van der Waals surface area contributed by atoms with E-state index in [9.17, 15) is 28.0 Å². The van der Waals surface area contributed by atoms with Gasteiger partial charge < -0.3 is 0 Å². The van der Waals surface area contributed by atoms with Gasteiger partial charge in [0.25, 0.3) is 0 Å². The Hall–Kier alpha value is -3.54. The van der Waals surface area contributed by atoms with Crippen molar-refractivity contribution in [2.24, 2.45) is 41.4 Å². The molecule has 0 aromatic heterocycles. The average molecular weight is 699 g/mol. The summed E-state index contributed by atoms with van der Waals surface area (Å²) in [6, 6.07) is 18.2. The molecule has 6 heteroatoms. The van der Waals surface area contributed by atoms with E-state index >= 15 is 0 Å². The summed E-state index contributed by atoms with van der Waals surface area (Å²) in [5, 5.41) is 0. The maximum atomic E-state index is 14.1. The first-order chi connectivity index (χ1) is 24.4. The summed E-state index contributed by atoms with van der Waals surface area (Å²) in [5.74, 6) is -2.97. The van der Waals surface area contributed by atoms with Gasteiger partial charge >= 0.3 is 0 Å². The van der Waals surface area contributed by atoms with Crippen molar-refractivity contribution in [2.45, 2.75) is 117 Å². The lowest BCUT2D eigenvalue weighted by molar-refractivity contribution is -0.131. The van der Waals surface area contributed by atoms with Crippen LogP contribution in [0, 0.1) is 41.4 Å². The van der Waals surface area contributed by atoms with E-state index in [-0.39, 0.29) is 97.7 Å². The topological polar surface area (TPSA) is 68.3 Å². The molecule has 0 N–H and O–H groups in total. The van der Waals surface area contributed by atoms with Crippen molar-refractivity contribution < 1.29 is 28.0 Å². The van der Waals surface area contributed by atoms with Gasteiger partial charge in [-0.1, -0.05) is 93.6 Å². The summed E-state index contributed by atoms with van der Waals surface area (Å²) in [6.07, 6.45) is 11.8. The van der Waals surface area contributed by atoms with Crippen LogP contribution in [0.1, 0.15) is 108 Å². The van der Waals surface area contributed by atoms with Gasteiger partial charge in [-0.3, -0.25) is 19.2 Å². The number of carbonyl (C=O) groups excluding carboxylic acids is 4. The van der Waals surface area contributed by atoms with Gasteiger partial charge in [0.15, 0.2) is 5.78 Å². The molecule has 0 heterocycles. The van der Waals surface area contributed by atoms with Crippen molar-refractivity contribution in [3.8, 4) is 0 Å². The van der Waals surface area contributed by atoms with Crippen LogP contribution >= 0.6 is 0 Å². The first kappa shape index (κ1) is 38.7. The normalized spacial score (nSPS) is 23.1. The van der Waals surface area contributed by atoms with Crippen LogP contribution in [0.4, 0.5) is 8.78 Å². The van der Waals surface area contributed by atoms with E-state index in [2.05, 4.69) is 38.1 Å². The van der Waals surface area contributed by atoms with Crippen LogP contribution in [0.3, 0.4) is 0 Å². The molecule has 2 aromatic rings. The molecule has 3 atom stereocenters. The van der Waals surface area contributed by atoms with E-state index < -0.39 is 11.8 Å². The number of Topliss-reactive ketones (excluding diaryl/α,β-unsaturated/α-hetero) is 4. The first-order valence-corrected chi connectivity index (χ1v) is 19.4. The highest BCUT2D eigenvalue weighted by Crippen LogP contribution is 2.42. The van der Waals surface area contributed by atoms with Crippen LogP contribution in [-0.2, 0) is 38.4 Å². The summed E-state index contributed by atoms with van der Waals surface area (Å²) in [6.45, 7) is 5.97. The number of hydrogen-bond donors (Lipinski definition) is 0. The average Bonchev–Trinajstić information content (AvgIpc) is 3.63. The summed E-state index contributed by atoms with van der Waals surface area (Å²) < 4.78 is 28.2. The smallest absolute Gasteiger partial charge is 0.248 e. The predicted octanol–water partition coefficient (Wildman–Crippen LogP) is 10.1. The molecule has 3 aliphatic carbocycles. The Kier molecular flexibility index (Phi) is 13.5. The summed E-state index contributed by atoms with van der Waals surface area (Å²) in [4.78, 5) is 53.9. The molecule has 2 aromatic carbocycles. The highest BCUT2D eigenvalue weighted by atomic mass is 19.3. The second-order valence-corrected chi connectivity index (χ2v) is 16.0. The fraction of sp³-hybridized carbons (Fsp3) is 0.556. The number of halogens is 2. The van der Waals surface area contributed by atoms with E-state index in [1.807, 2.05) is 55.5 Å². The monoisotopic (exact) mass is 698 g/mol. The molecule has 0 spiro atoms. The summed E-state index contributed by atoms with van der Waals surface area (Å²) >= 11 is 0. The second-order valence-electron chi connectivity index (χ2n) is 16.0. The zero-order chi connectivity index (χ0) is 36.5. The number of benzene rings is 2. The second kappa shape index (κ2) is 17.8. The van der Waals surface area contributed by atoms with Gasteiger partial charge in [0.1, 0.15) is 17.3 Å². The van der Waals surface area contributed by atoms with Crippen LogP contribution in [0.5, 0.6) is 0 Å². The number of allylic oxidation sites excluding steroid dienone is 4. The highest BCUT2D eigenvalue weighted by molar-refractivity contribution is 6.00.